The van der Waals surface area contributed by atoms with E-state index in [0.717, 1.165) is 0 Å². The van der Waals surface area contributed by atoms with Gasteiger partial charge in [-0.2, -0.15) is 21.6 Å². The van der Waals surface area contributed by atoms with Crippen molar-refractivity contribution in [2.24, 2.45) is 11.3 Å². The molecule has 1 fully saturated rings. The summed E-state index contributed by atoms with van der Waals surface area (Å²) >= 11 is 0. The minimum atomic E-state index is -5.73. The van der Waals surface area contributed by atoms with Crippen molar-refractivity contribution in [1.29, 1.82) is 0 Å². The zero-order chi connectivity index (χ0) is 16.8. The Balaban J connectivity index is 2.04. The van der Waals surface area contributed by atoms with Crippen molar-refractivity contribution in [2.45, 2.75) is 37.8 Å². The van der Waals surface area contributed by atoms with Crippen LogP contribution in [0.1, 0.15) is 26.2 Å². The molecular formula is C13H15F3O5S. The van der Waals surface area contributed by atoms with E-state index < -0.39 is 32.8 Å². The fraction of sp³-hybridized carbons (Fsp3) is 0.615. The number of hydrogen-bond donors (Lipinski definition) is 0. The summed E-state index contributed by atoms with van der Waals surface area (Å²) in [6, 6.07) is 0. The number of fused-ring (bicyclic) bond motifs is 2. The Bertz CT molecular complexity index is 622. The standard InChI is InChI=1S/C13H15F3O5S/c1-8-7-10-4-6-12(8,11(17)20-10)5-3-9(2)21-22(18,19)13(14,15)16/h4,6,8,10H,2-3,5,7H2,1H3/t8-,10-,12?/m1/s1. The van der Waals surface area contributed by atoms with Crippen LogP contribution in [0.5, 0.6) is 0 Å². The minimum absolute atomic E-state index is 0.0595. The molecule has 0 N–H and O–H groups in total. The minimum Gasteiger partial charge on any atom is -0.457 e. The lowest BCUT2D eigenvalue weighted by Gasteiger charge is -2.44. The van der Waals surface area contributed by atoms with E-state index in [1.54, 1.807) is 12.2 Å². The highest BCUT2D eigenvalue weighted by Crippen LogP contribution is 2.47. The van der Waals surface area contributed by atoms with Crippen molar-refractivity contribution >= 4 is 16.1 Å². The molecule has 9 heteroatoms. The number of esters is 1. The Morgan fingerprint density at radius 3 is 2.68 bits per heavy atom. The van der Waals surface area contributed by atoms with Gasteiger partial charge in [-0.15, -0.1) is 0 Å². The number of ether oxygens (including phenoxy) is 1. The van der Waals surface area contributed by atoms with Gasteiger partial charge in [0.05, 0.1) is 5.41 Å². The lowest BCUT2D eigenvalue weighted by molar-refractivity contribution is -0.171. The van der Waals surface area contributed by atoms with E-state index in [1.165, 1.54) is 0 Å². The molecule has 124 valence electrons. The average molecular weight is 340 g/mol. The molecule has 0 radical (unpaired) electrons. The third kappa shape index (κ3) is 2.86. The molecule has 0 spiro atoms. The molecule has 0 aromatic heterocycles. The fourth-order valence-corrected chi connectivity index (χ4v) is 3.19. The summed E-state index contributed by atoms with van der Waals surface area (Å²) in [5.74, 6) is -1.08. The average Bonchev–Trinajstić information content (AvgIpc) is 2.35. The maximum absolute atomic E-state index is 12.2. The van der Waals surface area contributed by atoms with E-state index in [0.29, 0.717) is 6.42 Å². The molecular weight excluding hydrogens is 325 g/mol. The van der Waals surface area contributed by atoms with Gasteiger partial charge in [0.1, 0.15) is 11.9 Å². The zero-order valence-electron chi connectivity index (χ0n) is 11.7. The summed E-state index contributed by atoms with van der Waals surface area (Å²) in [6.45, 7) is 5.03. The maximum Gasteiger partial charge on any atom is 0.534 e. The highest BCUT2D eigenvalue weighted by Gasteiger charge is 2.51. The van der Waals surface area contributed by atoms with Gasteiger partial charge < -0.3 is 8.92 Å². The lowest BCUT2D eigenvalue weighted by Crippen LogP contribution is -2.48. The van der Waals surface area contributed by atoms with Gasteiger partial charge in [0, 0.05) is 6.42 Å². The topological polar surface area (TPSA) is 69.7 Å². The van der Waals surface area contributed by atoms with Crippen molar-refractivity contribution in [3.63, 3.8) is 0 Å². The maximum atomic E-state index is 12.2. The van der Waals surface area contributed by atoms with E-state index >= 15 is 0 Å². The number of halogens is 3. The zero-order valence-corrected chi connectivity index (χ0v) is 12.5. The van der Waals surface area contributed by atoms with Gasteiger partial charge in [0.2, 0.25) is 0 Å². The second-order valence-corrected chi connectivity index (χ2v) is 7.04. The number of rotatable bonds is 5. The fourth-order valence-electron chi connectivity index (χ4n) is 2.71. The van der Waals surface area contributed by atoms with Gasteiger partial charge in [-0.1, -0.05) is 19.6 Å². The second kappa shape index (κ2) is 5.29. The number of carbonyl (C=O) groups is 1. The summed E-state index contributed by atoms with van der Waals surface area (Å²) in [7, 11) is -5.73. The van der Waals surface area contributed by atoms with Crippen LogP contribution in [0, 0.1) is 11.3 Å². The summed E-state index contributed by atoms with van der Waals surface area (Å²) in [5, 5.41) is 0. The van der Waals surface area contributed by atoms with Gasteiger partial charge in [-0.25, -0.2) is 0 Å². The molecule has 3 aliphatic rings. The number of carbonyl (C=O) groups excluding carboxylic acids is 1. The normalized spacial score (nSPS) is 31.0. The summed E-state index contributed by atoms with van der Waals surface area (Å²) in [5.41, 5.74) is -6.48. The van der Waals surface area contributed by atoms with Crippen LogP contribution < -0.4 is 0 Å². The van der Waals surface area contributed by atoms with Crippen LogP contribution in [0.3, 0.4) is 0 Å². The van der Waals surface area contributed by atoms with Crippen LogP contribution in [0.25, 0.3) is 0 Å². The van der Waals surface area contributed by atoms with Crippen LogP contribution in [0.2, 0.25) is 0 Å². The van der Waals surface area contributed by atoms with Crippen LogP contribution >= 0.6 is 0 Å². The third-order valence-corrected chi connectivity index (χ3v) is 5.06. The SMILES string of the molecule is C=C(CCC12C=C[C@H](C[C@H]1C)OC2=O)OS(=O)(=O)C(F)(F)F. The molecule has 1 unspecified atom stereocenters. The Morgan fingerprint density at radius 1 is 1.55 bits per heavy atom. The molecule has 3 rings (SSSR count). The Labute approximate surface area is 125 Å². The molecule has 3 atom stereocenters. The van der Waals surface area contributed by atoms with Crippen molar-refractivity contribution in [3.05, 3.63) is 24.5 Å². The highest BCUT2D eigenvalue weighted by molar-refractivity contribution is 7.87. The lowest BCUT2D eigenvalue weighted by atomic mass is 9.65. The van der Waals surface area contributed by atoms with Gasteiger partial charge in [0.25, 0.3) is 0 Å². The monoisotopic (exact) mass is 340 g/mol. The smallest absolute Gasteiger partial charge is 0.457 e. The molecule has 1 saturated heterocycles. The summed E-state index contributed by atoms with van der Waals surface area (Å²) < 4.78 is 67.5. The van der Waals surface area contributed by atoms with Crippen LogP contribution in [-0.2, 0) is 23.8 Å². The van der Waals surface area contributed by atoms with E-state index in [1.807, 2.05) is 6.92 Å². The molecule has 22 heavy (non-hydrogen) atoms. The number of hydrogen-bond acceptors (Lipinski definition) is 5. The van der Waals surface area contributed by atoms with E-state index in [4.69, 9.17) is 4.74 Å². The van der Waals surface area contributed by atoms with E-state index in [-0.39, 0.29) is 24.9 Å². The number of alkyl halides is 3. The first-order valence-electron chi connectivity index (χ1n) is 6.57. The van der Waals surface area contributed by atoms with Crippen LogP contribution in [0.15, 0.2) is 24.5 Å². The Kier molecular flexibility index (Phi) is 4.05. The largest absolute Gasteiger partial charge is 0.534 e. The van der Waals surface area contributed by atoms with Crippen molar-refractivity contribution in [1.82, 2.24) is 0 Å². The predicted octanol–water partition coefficient (Wildman–Crippen LogP) is 2.65. The molecule has 2 aliphatic heterocycles. The quantitative estimate of drug-likeness (QED) is 0.253. The summed E-state index contributed by atoms with van der Waals surface area (Å²) in [6.07, 6.45) is 3.64. The van der Waals surface area contributed by atoms with Gasteiger partial charge in [0.15, 0.2) is 0 Å². The predicted molar refractivity (Wildman–Crippen MR) is 69.7 cm³/mol. The van der Waals surface area contributed by atoms with E-state index in [9.17, 15) is 26.4 Å². The van der Waals surface area contributed by atoms with E-state index in [2.05, 4.69) is 10.8 Å². The van der Waals surface area contributed by atoms with Gasteiger partial charge in [-0.05, 0) is 24.8 Å². The van der Waals surface area contributed by atoms with Crippen LogP contribution in [0.4, 0.5) is 13.2 Å². The highest BCUT2D eigenvalue weighted by atomic mass is 32.2. The third-order valence-electron chi connectivity index (χ3n) is 4.04. The molecule has 0 aromatic carbocycles. The number of allylic oxidation sites excluding steroid dienone is 1. The molecule has 0 amide bonds. The molecule has 0 saturated carbocycles. The van der Waals surface area contributed by atoms with Crippen LogP contribution in [-0.4, -0.2) is 26.0 Å². The molecule has 1 aliphatic carbocycles. The Hall–Kier alpha value is -1.51. The van der Waals surface area contributed by atoms with Gasteiger partial charge in [-0.3, -0.25) is 4.79 Å². The van der Waals surface area contributed by atoms with Crippen molar-refractivity contribution in [2.75, 3.05) is 0 Å². The first-order chi connectivity index (χ1) is 9.98. The first kappa shape index (κ1) is 16.9. The molecule has 2 bridgehead atoms. The summed E-state index contributed by atoms with van der Waals surface area (Å²) in [4.78, 5) is 12.0. The molecule has 2 heterocycles. The molecule has 0 aromatic rings. The first-order valence-corrected chi connectivity index (χ1v) is 7.98. The van der Waals surface area contributed by atoms with Crippen molar-refractivity contribution < 1.29 is 35.3 Å². The second-order valence-electron chi connectivity index (χ2n) is 5.50. The van der Waals surface area contributed by atoms with Gasteiger partial charge >= 0.3 is 21.6 Å². The Morgan fingerprint density at radius 2 is 2.18 bits per heavy atom. The van der Waals surface area contributed by atoms with Crippen molar-refractivity contribution in [3.8, 4) is 0 Å². The molecule has 5 nitrogen and oxygen atoms in total.